The number of aromatic amines is 1. The van der Waals surface area contributed by atoms with Crippen molar-refractivity contribution in [1.82, 2.24) is 20.6 Å². The van der Waals surface area contributed by atoms with Crippen LogP contribution in [0.2, 0.25) is 10.2 Å². The van der Waals surface area contributed by atoms with E-state index in [-0.39, 0.29) is 11.7 Å². The van der Waals surface area contributed by atoms with Gasteiger partial charge in [0.2, 0.25) is 10.0 Å². The van der Waals surface area contributed by atoms with Gasteiger partial charge in [-0.3, -0.25) is 9.62 Å². The Morgan fingerprint density at radius 1 is 1.05 bits per heavy atom. The first-order valence-electron chi connectivity index (χ1n) is 12.6. The van der Waals surface area contributed by atoms with Crippen molar-refractivity contribution in [3.63, 3.8) is 0 Å². The highest BCUT2D eigenvalue weighted by Crippen LogP contribution is 2.30. The van der Waals surface area contributed by atoms with E-state index in [0.29, 0.717) is 45.5 Å². The fourth-order valence-corrected chi connectivity index (χ4v) is 5.18. The zero-order chi connectivity index (χ0) is 30.4. The van der Waals surface area contributed by atoms with E-state index in [1.165, 1.54) is 13.1 Å². The molecule has 3 amide bonds. The molecular weight excluding hydrogens is 603 g/mol. The summed E-state index contributed by atoms with van der Waals surface area (Å²) in [6.07, 6.45) is 0.331. The maximum absolute atomic E-state index is 13.1. The minimum atomic E-state index is -3.55. The summed E-state index contributed by atoms with van der Waals surface area (Å²) in [6, 6.07) is 19.7. The molecule has 0 radical (unpaired) electrons. The van der Waals surface area contributed by atoms with Crippen LogP contribution in [0.5, 0.6) is 0 Å². The van der Waals surface area contributed by atoms with E-state index in [1.807, 2.05) is 30.3 Å². The number of aromatic nitrogens is 2. The number of carboxylic acid groups (broad SMARTS) is 1. The van der Waals surface area contributed by atoms with Crippen LogP contribution in [0.4, 0.5) is 21.0 Å². The Kier molecular flexibility index (Phi) is 9.61. The predicted octanol–water partition coefficient (Wildman–Crippen LogP) is 5.65. The summed E-state index contributed by atoms with van der Waals surface area (Å²) in [5.74, 6) is 0.405. The monoisotopic (exact) mass is 630 g/mol. The molecule has 220 valence electrons. The zero-order valence-corrected chi connectivity index (χ0v) is 24.9. The molecule has 14 heteroatoms. The number of sulfonamides is 1. The Morgan fingerprint density at radius 3 is 2.38 bits per heavy atom. The largest absolute Gasteiger partial charge is 0.465 e. The number of amides is 3. The molecule has 0 aliphatic rings. The van der Waals surface area contributed by atoms with Gasteiger partial charge in [0.05, 0.1) is 18.0 Å². The van der Waals surface area contributed by atoms with E-state index < -0.39 is 28.2 Å². The lowest BCUT2D eigenvalue weighted by molar-refractivity contribution is 0.203. The normalized spacial score (nSPS) is 11.9. The molecule has 1 atom stereocenters. The Labute approximate surface area is 252 Å². The molecule has 1 aromatic heterocycles. The smallest absolute Gasteiger partial charge is 0.411 e. The minimum absolute atomic E-state index is 0.0103. The molecule has 0 spiro atoms. The molecule has 0 aliphatic heterocycles. The van der Waals surface area contributed by atoms with Crippen LogP contribution in [0.15, 0.2) is 72.8 Å². The number of imidazole rings is 1. The third-order valence-electron chi connectivity index (χ3n) is 6.21. The summed E-state index contributed by atoms with van der Waals surface area (Å²) in [5, 5.41) is 15.5. The molecule has 0 saturated carbocycles. The standard InChI is InChI=1S/C28H28Cl2N6O5S/c1-36(28(38)39)21-11-8-18(9-12-21)24-25(30)34-26(33-24)23(14-17-6-4-3-5-7-17)32-27(37)31-16-19-15-20(29)10-13-22(19)35-42(2,40)41/h3-13,15,23,35H,14,16H2,1-2H3,(H,33,34)(H,38,39)(H2,31,32,37). The van der Waals surface area contributed by atoms with Crippen molar-refractivity contribution < 1.29 is 23.1 Å². The van der Waals surface area contributed by atoms with E-state index in [9.17, 15) is 23.1 Å². The highest BCUT2D eigenvalue weighted by molar-refractivity contribution is 7.92. The van der Waals surface area contributed by atoms with E-state index >= 15 is 0 Å². The molecule has 0 fully saturated rings. The number of H-pyrrole nitrogens is 1. The third-order valence-corrected chi connectivity index (χ3v) is 7.31. The third kappa shape index (κ3) is 8.15. The molecular formula is C28H28Cl2N6O5S. The van der Waals surface area contributed by atoms with Gasteiger partial charge in [-0.25, -0.2) is 23.0 Å². The second-order valence-electron chi connectivity index (χ2n) is 9.42. The fourth-order valence-electron chi connectivity index (χ4n) is 4.14. The molecule has 1 unspecified atom stereocenters. The van der Waals surface area contributed by atoms with Gasteiger partial charge in [0.1, 0.15) is 16.7 Å². The molecule has 0 bridgehead atoms. The maximum Gasteiger partial charge on any atom is 0.411 e. The molecule has 11 nitrogen and oxygen atoms in total. The number of hydrogen-bond donors (Lipinski definition) is 5. The lowest BCUT2D eigenvalue weighted by Gasteiger charge is -2.18. The average molecular weight is 632 g/mol. The summed E-state index contributed by atoms with van der Waals surface area (Å²) in [7, 11) is -2.11. The summed E-state index contributed by atoms with van der Waals surface area (Å²) < 4.78 is 26.0. The maximum atomic E-state index is 13.1. The molecule has 0 saturated heterocycles. The van der Waals surface area contributed by atoms with E-state index in [4.69, 9.17) is 23.2 Å². The quantitative estimate of drug-likeness (QED) is 0.152. The van der Waals surface area contributed by atoms with Gasteiger partial charge in [0, 0.05) is 29.9 Å². The second-order valence-corrected chi connectivity index (χ2v) is 12.0. The van der Waals surface area contributed by atoms with Gasteiger partial charge in [0.15, 0.2) is 0 Å². The van der Waals surface area contributed by atoms with Crippen LogP contribution in [0.1, 0.15) is 23.0 Å². The van der Waals surface area contributed by atoms with Gasteiger partial charge in [-0.05, 0) is 47.9 Å². The first kappa shape index (κ1) is 30.7. The molecule has 42 heavy (non-hydrogen) atoms. The van der Waals surface area contributed by atoms with Crippen molar-refractivity contribution in [1.29, 1.82) is 0 Å². The highest BCUT2D eigenvalue weighted by Gasteiger charge is 2.22. The first-order chi connectivity index (χ1) is 19.9. The summed E-state index contributed by atoms with van der Waals surface area (Å²) in [6.45, 7) is -0.0103. The van der Waals surface area contributed by atoms with Gasteiger partial charge >= 0.3 is 12.1 Å². The van der Waals surface area contributed by atoms with Gasteiger partial charge < -0.3 is 20.7 Å². The van der Waals surface area contributed by atoms with E-state index in [0.717, 1.165) is 16.7 Å². The number of carbonyl (C=O) groups is 2. The van der Waals surface area contributed by atoms with Gasteiger partial charge in [-0.15, -0.1) is 0 Å². The lowest BCUT2D eigenvalue weighted by atomic mass is 10.1. The van der Waals surface area contributed by atoms with Crippen LogP contribution in [-0.4, -0.2) is 48.9 Å². The van der Waals surface area contributed by atoms with E-state index in [2.05, 4.69) is 25.3 Å². The number of benzene rings is 3. The Morgan fingerprint density at radius 2 is 1.74 bits per heavy atom. The van der Waals surface area contributed by atoms with Crippen molar-refractivity contribution in [3.05, 3.63) is 99.9 Å². The number of rotatable bonds is 10. The number of carbonyl (C=O) groups excluding carboxylic acids is 1. The number of nitrogens with zero attached hydrogens (tertiary/aromatic N) is 2. The van der Waals surface area contributed by atoms with Crippen molar-refractivity contribution in [2.45, 2.75) is 19.0 Å². The predicted molar refractivity (Wildman–Crippen MR) is 164 cm³/mol. The summed E-state index contributed by atoms with van der Waals surface area (Å²) in [4.78, 5) is 33.1. The second kappa shape index (κ2) is 13.1. The summed E-state index contributed by atoms with van der Waals surface area (Å²) >= 11 is 12.6. The first-order valence-corrected chi connectivity index (χ1v) is 15.2. The van der Waals surface area contributed by atoms with E-state index in [1.54, 1.807) is 36.4 Å². The zero-order valence-electron chi connectivity index (χ0n) is 22.6. The number of nitrogens with one attached hydrogen (secondary N) is 4. The molecule has 1 heterocycles. The molecule has 4 aromatic rings. The number of urea groups is 1. The minimum Gasteiger partial charge on any atom is -0.465 e. The van der Waals surface area contributed by atoms with Crippen LogP contribution in [0.25, 0.3) is 11.3 Å². The van der Waals surface area contributed by atoms with Gasteiger partial charge in [-0.2, -0.15) is 0 Å². The molecule has 0 aliphatic carbocycles. The number of halogens is 2. The van der Waals surface area contributed by atoms with Crippen LogP contribution in [0.3, 0.4) is 0 Å². The van der Waals surface area contributed by atoms with Crippen LogP contribution < -0.4 is 20.3 Å². The highest BCUT2D eigenvalue weighted by atomic mass is 35.5. The van der Waals surface area contributed by atoms with Gasteiger partial charge in [-0.1, -0.05) is 65.7 Å². The lowest BCUT2D eigenvalue weighted by Crippen LogP contribution is -2.39. The van der Waals surface area contributed by atoms with Crippen molar-refractivity contribution in [2.75, 3.05) is 22.9 Å². The van der Waals surface area contributed by atoms with Crippen LogP contribution in [-0.2, 0) is 23.0 Å². The average Bonchev–Trinajstić information content (AvgIpc) is 3.33. The van der Waals surface area contributed by atoms with Crippen molar-refractivity contribution >= 4 is 56.7 Å². The Balaban J connectivity index is 1.55. The fraction of sp³-hybridized carbons (Fsp3) is 0.179. The Bertz CT molecular complexity index is 1680. The van der Waals surface area contributed by atoms with Crippen molar-refractivity contribution in [3.8, 4) is 11.3 Å². The number of anilines is 2. The number of hydrogen-bond acceptors (Lipinski definition) is 5. The summed E-state index contributed by atoms with van der Waals surface area (Å²) in [5.41, 5.74) is 3.28. The van der Waals surface area contributed by atoms with Crippen LogP contribution >= 0.6 is 23.2 Å². The SMILES string of the molecule is CN(C(=O)O)c1ccc(-c2nc(C(Cc3ccccc3)NC(=O)NCc3cc(Cl)ccc3NS(C)(=O)=O)[nH]c2Cl)cc1. The van der Waals surface area contributed by atoms with Crippen LogP contribution in [0, 0.1) is 0 Å². The Hall–Kier alpha value is -4.26. The topological polar surface area (TPSA) is 157 Å². The molecule has 4 rings (SSSR count). The molecule has 5 N–H and O–H groups in total. The van der Waals surface area contributed by atoms with Gasteiger partial charge in [0.25, 0.3) is 0 Å². The van der Waals surface area contributed by atoms with Crippen molar-refractivity contribution in [2.24, 2.45) is 0 Å². The molecule has 3 aromatic carbocycles.